The monoisotopic (exact) mass is 261 g/mol. The van der Waals surface area contributed by atoms with Crippen molar-refractivity contribution in [2.24, 2.45) is 0 Å². The van der Waals surface area contributed by atoms with Crippen LogP contribution in [0.4, 0.5) is 5.69 Å². The third-order valence-corrected chi connectivity index (χ3v) is 3.78. The van der Waals surface area contributed by atoms with Crippen LogP contribution in [0.2, 0.25) is 0 Å². The average molecular weight is 261 g/mol. The van der Waals surface area contributed by atoms with Crippen LogP contribution in [0.25, 0.3) is 0 Å². The minimum Gasteiger partial charge on any atom is -0.283 e. The second kappa shape index (κ2) is 5.23. The lowest BCUT2D eigenvalue weighted by Gasteiger charge is -2.08. The Morgan fingerprint density at radius 2 is 1.56 bits per heavy atom. The first-order chi connectivity index (χ1) is 8.55. The van der Waals surface area contributed by atoms with E-state index in [1.54, 1.807) is 24.3 Å². The van der Waals surface area contributed by atoms with Gasteiger partial charge >= 0.3 is 0 Å². The smallest absolute Gasteiger partial charge is 0.236 e. The first kappa shape index (κ1) is 12.6. The van der Waals surface area contributed by atoms with Gasteiger partial charge in [0.25, 0.3) is 0 Å². The van der Waals surface area contributed by atoms with Gasteiger partial charge in [0.2, 0.25) is 10.0 Å². The number of aryl methyl sites for hydroxylation is 1. The predicted molar refractivity (Wildman–Crippen MR) is 73.9 cm³/mol. The Hall–Kier alpha value is -1.81. The minimum atomic E-state index is -3.35. The second-order valence-corrected chi connectivity index (χ2v) is 5.94. The zero-order chi connectivity index (χ0) is 13.0. The molecule has 0 amide bonds. The van der Waals surface area contributed by atoms with E-state index in [1.165, 1.54) is 0 Å². The summed E-state index contributed by atoms with van der Waals surface area (Å²) in [5.74, 6) is -0.0117. The van der Waals surface area contributed by atoms with Crippen LogP contribution in [0.15, 0.2) is 54.6 Å². The Kier molecular flexibility index (Phi) is 3.67. The summed E-state index contributed by atoms with van der Waals surface area (Å²) in [6.07, 6.45) is 0. The van der Waals surface area contributed by atoms with E-state index >= 15 is 0 Å². The molecule has 0 saturated carbocycles. The molecule has 2 aromatic rings. The van der Waals surface area contributed by atoms with Crippen molar-refractivity contribution in [2.45, 2.75) is 12.7 Å². The number of hydrogen-bond donors (Lipinski definition) is 1. The van der Waals surface area contributed by atoms with Crippen molar-refractivity contribution in [3.05, 3.63) is 65.7 Å². The number of benzene rings is 2. The summed E-state index contributed by atoms with van der Waals surface area (Å²) in [4.78, 5) is 0. The van der Waals surface area contributed by atoms with Gasteiger partial charge in [0.05, 0.1) is 5.75 Å². The van der Waals surface area contributed by atoms with E-state index in [9.17, 15) is 8.42 Å². The summed E-state index contributed by atoms with van der Waals surface area (Å²) in [6, 6.07) is 16.4. The van der Waals surface area contributed by atoms with Crippen molar-refractivity contribution in [1.29, 1.82) is 0 Å². The van der Waals surface area contributed by atoms with Crippen molar-refractivity contribution in [3.63, 3.8) is 0 Å². The number of para-hydroxylation sites is 1. The highest BCUT2D eigenvalue weighted by Gasteiger charge is 2.11. The first-order valence-corrected chi connectivity index (χ1v) is 7.31. The predicted octanol–water partition coefficient (Wildman–Crippen LogP) is 2.94. The third-order valence-electron chi connectivity index (χ3n) is 2.52. The molecule has 0 aliphatic rings. The van der Waals surface area contributed by atoms with Crippen molar-refractivity contribution < 1.29 is 8.42 Å². The van der Waals surface area contributed by atoms with Gasteiger partial charge in [0, 0.05) is 5.69 Å². The first-order valence-electron chi connectivity index (χ1n) is 5.66. The molecule has 0 aliphatic heterocycles. The van der Waals surface area contributed by atoms with E-state index in [2.05, 4.69) is 4.72 Å². The average Bonchev–Trinajstić information content (AvgIpc) is 2.32. The van der Waals surface area contributed by atoms with E-state index in [1.807, 2.05) is 37.3 Å². The molecular formula is C14H15NO2S. The number of hydrogen-bond acceptors (Lipinski definition) is 2. The Morgan fingerprint density at radius 3 is 2.17 bits per heavy atom. The highest BCUT2D eigenvalue weighted by Crippen LogP contribution is 2.12. The molecule has 1 N–H and O–H groups in total. The molecule has 2 aromatic carbocycles. The maximum Gasteiger partial charge on any atom is 0.236 e. The zero-order valence-corrected chi connectivity index (χ0v) is 10.9. The lowest BCUT2D eigenvalue weighted by atomic mass is 10.2. The van der Waals surface area contributed by atoms with Crippen LogP contribution in [0.1, 0.15) is 11.1 Å². The van der Waals surface area contributed by atoms with Gasteiger partial charge in [-0.15, -0.1) is 0 Å². The minimum absolute atomic E-state index is 0.0117. The van der Waals surface area contributed by atoms with E-state index < -0.39 is 10.0 Å². The Morgan fingerprint density at radius 1 is 0.944 bits per heavy atom. The molecule has 0 saturated heterocycles. The maximum atomic E-state index is 11.9. The van der Waals surface area contributed by atoms with Crippen molar-refractivity contribution in [2.75, 3.05) is 4.72 Å². The van der Waals surface area contributed by atoms with Gasteiger partial charge in [-0.2, -0.15) is 0 Å². The Bertz CT molecular complexity index is 604. The van der Waals surface area contributed by atoms with Gasteiger partial charge in [-0.25, -0.2) is 8.42 Å². The molecule has 0 unspecified atom stereocenters. The van der Waals surface area contributed by atoms with Crippen LogP contribution < -0.4 is 4.72 Å². The van der Waals surface area contributed by atoms with E-state index in [-0.39, 0.29) is 5.75 Å². The van der Waals surface area contributed by atoms with Crippen LogP contribution >= 0.6 is 0 Å². The van der Waals surface area contributed by atoms with Gasteiger partial charge in [0.1, 0.15) is 0 Å². The Balaban J connectivity index is 2.10. The number of rotatable bonds is 4. The molecule has 0 atom stereocenters. The maximum absolute atomic E-state index is 11.9. The molecule has 0 aliphatic carbocycles. The topological polar surface area (TPSA) is 46.2 Å². The summed E-state index contributed by atoms with van der Waals surface area (Å²) >= 11 is 0. The molecule has 0 fully saturated rings. The van der Waals surface area contributed by atoms with Gasteiger partial charge in [-0.05, 0) is 24.6 Å². The van der Waals surface area contributed by atoms with Gasteiger partial charge in [-0.3, -0.25) is 4.72 Å². The SMILES string of the molecule is Cc1ccc(CS(=O)(=O)Nc2ccccc2)cc1. The third kappa shape index (κ3) is 3.60. The van der Waals surface area contributed by atoms with E-state index in [4.69, 9.17) is 0 Å². The fourth-order valence-corrected chi connectivity index (χ4v) is 2.82. The normalized spacial score (nSPS) is 11.2. The molecule has 0 heterocycles. The summed E-state index contributed by atoms with van der Waals surface area (Å²) in [5, 5.41) is 0. The second-order valence-electron chi connectivity index (χ2n) is 4.21. The molecular weight excluding hydrogens is 246 g/mol. The number of sulfonamides is 1. The highest BCUT2D eigenvalue weighted by molar-refractivity contribution is 7.91. The summed E-state index contributed by atoms with van der Waals surface area (Å²) in [5.41, 5.74) is 2.49. The Labute approximate surface area is 108 Å². The van der Waals surface area contributed by atoms with Gasteiger partial charge in [0.15, 0.2) is 0 Å². The lowest BCUT2D eigenvalue weighted by Crippen LogP contribution is -2.14. The highest BCUT2D eigenvalue weighted by atomic mass is 32.2. The standard InChI is InChI=1S/C14H15NO2S/c1-12-7-9-13(10-8-12)11-18(16,17)15-14-5-3-2-4-6-14/h2-10,15H,11H2,1H3. The number of nitrogens with one attached hydrogen (secondary N) is 1. The summed E-state index contributed by atoms with van der Waals surface area (Å²) in [7, 11) is -3.35. The van der Waals surface area contributed by atoms with Crippen molar-refractivity contribution >= 4 is 15.7 Å². The molecule has 2 rings (SSSR count). The molecule has 4 heteroatoms. The van der Waals surface area contributed by atoms with Gasteiger partial charge in [-0.1, -0.05) is 48.0 Å². The largest absolute Gasteiger partial charge is 0.283 e. The van der Waals surface area contributed by atoms with Gasteiger partial charge < -0.3 is 0 Å². The molecule has 0 aromatic heterocycles. The number of anilines is 1. The fraction of sp³-hybridized carbons (Fsp3) is 0.143. The van der Waals surface area contributed by atoms with Crippen LogP contribution in [0, 0.1) is 6.92 Å². The fourth-order valence-electron chi connectivity index (χ4n) is 1.63. The molecule has 0 radical (unpaired) electrons. The van der Waals surface area contributed by atoms with Crippen LogP contribution in [0.3, 0.4) is 0 Å². The van der Waals surface area contributed by atoms with Crippen molar-refractivity contribution in [1.82, 2.24) is 0 Å². The van der Waals surface area contributed by atoms with Crippen LogP contribution in [-0.2, 0) is 15.8 Å². The molecule has 0 bridgehead atoms. The van der Waals surface area contributed by atoms with Crippen LogP contribution in [-0.4, -0.2) is 8.42 Å². The molecule has 0 spiro atoms. The summed E-state index contributed by atoms with van der Waals surface area (Å²) < 4.78 is 26.4. The zero-order valence-electron chi connectivity index (χ0n) is 10.1. The lowest BCUT2D eigenvalue weighted by molar-refractivity contribution is 0.600. The molecule has 94 valence electrons. The van der Waals surface area contributed by atoms with E-state index in [0.717, 1.165) is 11.1 Å². The molecule has 3 nitrogen and oxygen atoms in total. The van der Waals surface area contributed by atoms with Crippen LogP contribution in [0.5, 0.6) is 0 Å². The summed E-state index contributed by atoms with van der Waals surface area (Å²) in [6.45, 7) is 1.97. The molecule has 18 heavy (non-hydrogen) atoms. The van der Waals surface area contributed by atoms with Crippen molar-refractivity contribution in [3.8, 4) is 0 Å². The quantitative estimate of drug-likeness (QED) is 0.919. The van der Waals surface area contributed by atoms with E-state index in [0.29, 0.717) is 5.69 Å².